The first-order chi connectivity index (χ1) is 11.8. The number of halogens is 1. The smallest absolute Gasteiger partial charge is 0.155 e. The van der Waals surface area contributed by atoms with E-state index in [0.717, 1.165) is 28.1 Å². The van der Waals surface area contributed by atoms with Gasteiger partial charge in [-0.05, 0) is 42.5 Å². The first-order valence-electron chi connectivity index (χ1n) is 7.34. The Balaban J connectivity index is 1.89. The molecule has 3 aromatic rings. The zero-order valence-corrected chi connectivity index (χ0v) is 13.3. The second-order valence-electron chi connectivity index (χ2n) is 5.17. The van der Waals surface area contributed by atoms with Crippen LogP contribution in [0.3, 0.4) is 0 Å². The molecule has 0 bridgehead atoms. The van der Waals surface area contributed by atoms with E-state index < -0.39 is 0 Å². The van der Waals surface area contributed by atoms with Crippen LogP contribution < -0.4 is 5.43 Å². The summed E-state index contributed by atoms with van der Waals surface area (Å²) in [5.41, 5.74) is 7.25. The van der Waals surface area contributed by atoms with Crippen LogP contribution in [0.1, 0.15) is 16.7 Å². The van der Waals surface area contributed by atoms with Crippen LogP contribution in [0.2, 0.25) is 5.02 Å². The van der Waals surface area contributed by atoms with Crippen molar-refractivity contribution in [2.24, 2.45) is 10.1 Å². The summed E-state index contributed by atoms with van der Waals surface area (Å²) in [6.07, 6.45) is 6.93. The second kappa shape index (κ2) is 6.22. The molecule has 5 nitrogen and oxygen atoms in total. The van der Waals surface area contributed by atoms with Crippen molar-refractivity contribution in [3.8, 4) is 0 Å². The molecule has 24 heavy (non-hydrogen) atoms. The first-order valence-corrected chi connectivity index (χ1v) is 7.72. The highest BCUT2D eigenvalue weighted by atomic mass is 35.5. The monoisotopic (exact) mass is 333 g/mol. The SMILES string of the molecule is Clc1ccc2c(c1)C(c1ccncc1)=NNC(c1cccnc1)=N2. The molecule has 0 unspecified atom stereocenters. The average Bonchev–Trinajstić information content (AvgIpc) is 2.82. The van der Waals surface area contributed by atoms with Gasteiger partial charge in [-0.1, -0.05) is 11.6 Å². The number of benzene rings is 1. The van der Waals surface area contributed by atoms with Gasteiger partial charge in [0, 0.05) is 46.5 Å². The summed E-state index contributed by atoms with van der Waals surface area (Å²) in [6.45, 7) is 0. The Labute approximate surface area is 143 Å². The summed E-state index contributed by atoms with van der Waals surface area (Å²) in [6, 6.07) is 13.2. The Morgan fingerprint density at radius 1 is 0.875 bits per heavy atom. The number of hydrogen-bond acceptors (Lipinski definition) is 5. The number of pyridine rings is 2. The van der Waals surface area contributed by atoms with Gasteiger partial charge in [0.2, 0.25) is 0 Å². The molecule has 0 saturated carbocycles. The maximum absolute atomic E-state index is 6.19. The minimum Gasteiger partial charge on any atom is -0.265 e. The molecule has 0 aliphatic carbocycles. The van der Waals surface area contributed by atoms with Gasteiger partial charge in [0.1, 0.15) is 5.71 Å². The van der Waals surface area contributed by atoms with Crippen molar-refractivity contribution in [2.45, 2.75) is 0 Å². The summed E-state index contributed by atoms with van der Waals surface area (Å²) in [7, 11) is 0. The number of amidine groups is 1. The van der Waals surface area contributed by atoms with Crippen molar-refractivity contribution in [1.29, 1.82) is 0 Å². The average molecular weight is 334 g/mol. The lowest BCUT2D eigenvalue weighted by Crippen LogP contribution is -2.19. The fourth-order valence-corrected chi connectivity index (χ4v) is 2.64. The van der Waals surface area contributed by atoms with Crippen LogP contribution in [0.25, 0.3) is 0 Å². The topological polar surface area (TPSA) is 62.5 Å². The lowest BCUT2D eigenvalue weighted by molar-refractivity contribution is 1.03. The number of nitrogens with zero attached hydrogens (tertiary/aromatic N) is 4. The normalized spacial score (nSPS) is 13.2. The predicted octanol–water partition coefficient (Wildman–Crippen LogP) is 3.56. The van der Waals surface area contributed by atoms with E-state index in [9.17, 15) is 0 Å². The number of fused-ring (bicyclic) bond motifs is 1. The van der Waals surface area contributed by atoms with Crippen LogP contribution in [-0.4, -0.2) is 21.5 Å². The third-order valence-corrected chi connectivity index (χ3v) is 3.84. The predicted molar refractivity (Wildman–Crippen MR) is 94.9 cm³/mol. The molecule has 0 fully saturated rings. The number of hydrogen-bond donors (Lipinski definition) is 1. The van der Waals surface area contributed by atoms with Crippen molar-refractivity contribution in [3.63, 3.8) is 0 Å². The van der Waals surface area contributed by atoms with E-state index in [-0.39, 0.29) is 0 Å². The largest absolute Gasteiger partial charge is 0.265 e. The molecule has 2 aromatic heterocycles. The highest BCUT2D eigenvalue weighted by Crippen LogP contribution is 2.28. The molecule has 0 saturated heterocycles. The molecule has 6 heteroatoms. The van der Waals surface area contributed by atoms with E-state index in [2.05, 4.69) is 20.5 Å². The summed E-state index contributed by atoms with van der Waals surface area (Å²) < 4.78 is 0. The minimum atomic E-state index is 0.635. The minimum absolute atomic E-state index is 0.635. The van der Waals surface area contributed by atoms with Crippen molar-refractivity contribution in [3.05, 3.63) is 89.0 Å². The van der Waals surface area contributed by atoms with Gasteiger partial charge >= 0.3 is 0 Å². The molecule has 116 valence electrons. The molecule has 3 heterocycles. The molecule has 1 aliphatic heterocycles. The zero-order valence-electron chi connectivity index (χ0n) is 12.5. The molecule has 0 spiro atoms. The molecule has 4 rings (SSSR count). The molecule has 1 N–H and O–H groups in total. The summed E-state index contributed by atoms with van der Waals surface area (Å²) >= 11 is 6.19. The van der Waals surface area contributed by atoms with Crippen molar-refractivity contribution in [2.75, 3.05) is 0 Å². The summed E-state index contributed by atoms with van der Waals surface area (Å²) in [4.78, 5) is 12.9. The van der Waals surface area contributed by atoms with Crippen LogP contribution in [0.15, 0.2) is 77.3 Å². The van der Waals surface area contributed by atoms with E-state index >= 15 is 0 Å². The number of nitrogens with one attached hydrogen (secondary N) is 1. The van der Waals surface area contributed by atoms with Gasteiger partial charge in [-0.25, -0.2) is 4.99 Å². The van der Waals surface area contributed by atoms with Gasteiger partial charge in [-0.2, -0.15) is 5.10 Å². The molecular formula is C18H12ClN5. The third kappa shape index (κ3) is 2.77. The van der Waals surface area contributed by atoms with E-state index in [4.69, 9.17) is 16.6 Å². The van der Waals surface area contributed by atoms with Gasteiger partial charge in [0.25, 0.3) is 0 Å². The lowest BCUT2D eigenvalue weighted by Gasteiger charge is -2.07. The Kier molecular flexibility index (Phi) is 3.76. The van der Waals surface area contributed by atoms with Gasteiger partial charge in [0.15, 0.2) is 5.84 Å². The standard InChI is InChI=1S/C18H12ClN5/c19-14-3-4-16-15(10-14)17(12-5-8-20-9-6-12)23-24-18(22-16)13-2-1-7-21-11-13/h1-11H,(H,22,24). The van der Waals surface area contributed by atoms with Crippen molar-refractivity contribution < 1.29 is 0 Å². The third-order valence-electron chi connectivity index (χ3n) is 3.61. The Hall–Kier alpha value is -3.05. The lowest BCUT2D eigenvalue weighted by atomic mass is 10.0. The number of rotatable bonds is 2. The van der Waals surface area contributed by atoms with Crippen molar-refractivity contribution >= 4 is 28.8 Å². The maximum Gasteiger partial charge on any atom is 0.155 e. The van der Waals surface area contributed by atoms with Crippen LogP contribution >= 0.6 is 11.6 Å². The van der Waals surface area contributed by atoms with Crippen molar-refractivity contribution in [1.82, 2.24) is 15.4 Å². The van der Waals surface area contributed by atoms with E-state index in [1.54, 1.807) is 24.8 Å². The quantitative estimate of drug-likeness (QED) is 0.780. The highest BCUT2D eigenvalue weighted by molar-refractivity contribution is 6.31. The Bertz CT molecular complexity index is 936. The van der Waals surface area contributed by atoms with E-state index in [1.807, 2.05) is 42.5 Å². The fourth-order valence-electron chi connectivity index (χ4n) is 2.47. The number of aromatic nitrogens is 2. The molecule has 0 radical (unpaired) electrons. The van der Waals surface area contributed by atoms with Gasteiger partial charge in [0.05, 0.1) is 5.69 Å². The molecular weight excluding hydrogens is 322 g/mol. The Morgan fingerprint density at radius 2 is 1.75 bits per heavy atom. The van der Waals surface area contributed by atoms with Crippen LogP contribution in [0, 0.1) is 0 Å². The molecule has 0 amide bonds. The van der Waals surface area contributed by atoms with Crippen LogP contribution in [0.5, 0.6) is 0 Å². The highest BCUT2D eigenvalue weighted by Gasteiger charge is 2.17. The van der Waals surface area contributed by atoms with Crippen LogP contribution in [-0.2, 0) is 0 Å². The zero-order chi connectivity index (χ0) is 16.4. The van der Waals surface area contributed by atoms with Gasteiger partial charge < -0.3 is 0 Å². The molecule has 1 aromatic carbocycles. The number of hydrazone groups is 1. The first kappa shape index (κ1) is 14.5. The molecule has 0 atom stereocenters. The van der Waals surface area contributed by atoms with E-state index in [0.29, 0.717) is 10.9 Å². The second-order valence-corrected chi connectivity index (χ2v) is 5.61. The summed E-state index contributed by atoms with van der Waals surface area (Å²) in [5, 5.41) is 5.19. The van der Waals surface area contributed by atoms with Gasteiger partial charge in [-0.15, -0.1) is 0 Å². The fraction of sp³-hybridized carbons (Fsp3) is 0. The van der Waals surface area contributed by atoms with Gasteiger partial charge in [-0.3, -0.25) is 15.4 Å². The summed E-state index contributed by atoms with van der Waals surface area (Å²) in [5.74, 6) is 0.635. The number of aliphatic imine (C=N–C) groups is 1. The maximum atomic E-state index is 6.19. The van der Waals surface area contributed by atoms with Crippen LogP contribution in [0.4, 0.5) is 5.69 Å². The van der Waals surface area contributed by atoms with E-state index in [1.165, 1.54) is 0 Å². The molecule has 1 aliphatic rings. The Morgan fingerprint density at radius 3 is 2.54 bits per heavy atom.